The minimum absolute atomic E-state index is 0.355. The summed E-state index contributed by atoms with van der Waals surface area (Å²) in [5.41, 5.74) is 2.07. The molecule has 3 aromatic rings. The van der Waals surface area contributed by atoms with E-state index in [0.717, 1.165) is 26.2 Å². The molecule has 152 valence electrons. The minimum atomic E-state index is -0.374. The number of halogens is 1. The van der Waals surface area contributed by atoms with Crippen LogP contribution in [0.25, 0.3) is 6.08 Å². The molecule has 0 saturated carbocycles. The van der Waals surface area contributed by atoms with Gasteiger partial charge in [-0.2, -0.15) is 0 Å². The molecular formula is C23H22FN5O. The molecule has 7 heteroatoms. The molecule has 6 nitrogen and oxygen atoms in total. The summed E-state index contributed by atoms with van der Waals surface area (Å²) in [5, 5.41) is 2.69. The number of hydrogen-bond donors (Lipinski definition) is 1. The largest absolute Gasteiger partial charge is 0.368 e. The van der Waals surface area contributed by atoms with Crippen molar-refractivity contribution in [3.05, 3.63) is 84.4 Å². The van der Waals surface area contributed by atoms with Crippen LogP contribution in [0.15, 0.2) is 73.1 Å². The highest BCUT2D eigenvalue weighted by Crippen LogP contribution is 2.18. The maximum absolute atomic E-state index is 13.6. The molecule has 1 aliphatic rings. The van der Waals surface area contributed by atoms with E-state index in [9.17, 15) is 9.18 Å². The Kier molecular flexibility index (Phi) is 5.98. The fourth-order valence-electron chi connectivity index (χ4n) is 3.31. The van der Waals surface area contributed by atoms with Gasteiger partial charge in [0.05, 0.1) is 18.1 Å². The van der Waals surface area contributed by atoms with Gasteiger partial charge in [0.25, 0.3) is 0 Å². The van der Waals surface area contributed by atoms with E-state index in [2.05, 4.69) is 37.2 Å². The first-order valence-corrected chi connectivity index (χ1v) is 9.79. The van der Waals surface area contributed by atoms with Crippen LogP contribution in [-0.2, 0) is 4.79 Å². The second-order valence-electron chi connectivity index (χ2n) is 6.93. The van der Waals surface area contributed by atoms with Gasteiger partial charge in [-0.05, 0) is 24.3 Å². The molecule has 4 rings (SSSR count). The summed E-state index contributed by atoms with van der Waals surface area (Å²) in [6, 6.07) is 16.6. The highest BCUT2D eigenvalue weighted by molar-refractivity contribution is 6.01. The van der Waals surface area contributed by atoms with Crippen LogP contribution in [0.1, 0.15) is 5.56 Å². The van der Waals surface area contributed by atoms with Crippen molar-refractivity contribution in [3.63, 3.8) is 0 Å². The van der Waals surface area contributed by atoms with Gasteiger partial charge in [-0.1, -0.05) is 36.4 Å². The third-order valence-corrected chi connectivity index (χ3v) is 4.91. The average molecular weight is 403 g/mol. The van der Waals surface area contributed by atoms with E-state index in [0.29, 0.717) is 17.2 Å². The summed E-state index contributed by atoms with van der Waals surface area (Å²) < 4.78 is 13.6. The lowest BCUT2D eigenvalue weighted by molar-refractivity contribution is -0.111. The van der Waals surface area contributed by atoms with E-state index in [-0.39, 0.29) is 11.7 Å². The number of piperazine rings is 1. The zero-order valence-corrected chi connectivity index (χ0v) is 16.4. The Labute approximate surface area is 174 Å². The lowest BCUT2D eigenvalue weighted by Crippen LogP contribution is -2.47. The lowest BCUT2D eigenvalue weighted by atomic mass is 10.2. The Bertz CT molecular complexity index is 1020. The van der Waals surface area contributed by atoms with E-state index < -0.39 is 0 Å². The molecule has 0 spiro atoms. The standard InChI is InChI=1S/C23H22FN5O/c24-21-9-5-4-6-18(21)10-11-22(30)27-19-16-25-23(26-17-19)29-14-12-28(13-15-29)20-7-2-1-3-8-20/h1-11,16-17H,12-15H2,(H,27,30)/b11-10+. The van der Waals surface area contributed by atoms with Crippen molar-refractivity contribution in [3.8, 4) is 0 Å². The first-order valence-electron chi connectivity index (χ1n) is 9.79. The molecule has 1 aromatic heterocycles. The fraction of sp³-hybridized carbons (Fsp3) is 0.174. The van der Waals surface area contributed by atoms with E-state index in [1.54, 1.807) is 30.6 Å². The number of anilines is 3. The minimum Gasteiger partial charge on any atom is -0.368 e. The molecule has 1 aliphatic heterocycles. The fourth-order valence-corrected chi connectivity index (χ4v) is 3.31. The predicted molar refractivity (Wildman–Crippen MR) is 117 cm³/mol. The zero-order chi connectivity index (χ0) is 20.8. The van der Waals surface area contributed by atoms with Crippen LogP contribution in [0.4, 0.5) is 21.7 Å². The number of carbonyl (C=O) groups is 1. The maximum Gasteiger partial charge on any atom is 0.248 e. The van der Waals surface area contributed by atoms with E-state index in [1.165, 1.54) is 23.9 Å². The number of hydrogen-bond acceptors (Lipinski definition) is 5. The third kappa shape index (κ3) is 4.81. The number of rotatable bonds is 5. The van der Waals surface area contributed by atoms with Crippen molar-refractivity contribution in [2.75, 3.05) is 41.3 Å². The number of para-hydroxylation sites is 1. The Morgan fingerprint density at radius 3 is 2.23 bits per heavy atom. The van der Waals surface area contributed by atoms with Crippen molar-refractivity contribution >= 4 is 29.3 Å². The van der Waals surface area contributed by atoms with Gasteiger partial charge >= 0.3 is 0 Å². The molecule has 2 heterocycles. The monoisotopic (exact) mass is 403 g/mol. The molecular weight excluding hydrogens is 381 g/mol. The summed E-state index contributed by atoms with van der Waals surface area (Å²) in [6.07, 6.45) is 5.89. The Hall–Kier alpha value is -3.74. The van der Waals surface area contributed by atoms with Gasteiger partial charge in [-0.25, -0.2) is 14.4 Å². The number of amides is 1. The topological polar surface area (TPSA) is 61.4 Å². The number of nitrogens with one attached hydrogen (secondary N) is 1. The van der Waals surface area contributed by atoms with Crippen LogP contribution in [-0.4, -0.2) is 42.1 Å². The zero-order valence-electron chi connectivity index (χ0n) is 16.4. The molecule has 0 atom stereocenters. The van der Waals surface area contributed by atoms with Crippen LogP contribution in [0.2, 0.25) is 0 Å². The van der Waals surface area contributed by atoms with E-state index in [4.69, 9.17) is 0 Å². The van der Waals surface area contributed by atoms with Gasteiger partial charge in [-0.15, -0.1) is 0 Å². The Balaban J connectivity index is 1.31. The molecule has 1 fully saturated rings. The summed E-state index contributed by atoms with van der Waals surface area (Å²) in [6.45, 7) is 3.44. The van der Waals surface area contributed by atoms with E-state index >= 15 is 0 Å². The first-order chi connectivity index (χ1) is 14.7. The lowest BCUT2D eigenvalue weighted by Gasteiger charge is -2.36. The number of aromatic nitrogens is 2. The predicted octanol–water partition coefficient (Wildman–Crippen LogP) is 3.59. The van der Waals surface area contributed by atoms with Gasteiger partial charge in [0, 0.05) is 43.5 Å². The smallest absolute Gasteiger partial charge is 0.248 e. The quantitative estimate of drug-likeness (QED) is 0.660. The molecule has 1 N–H and O–H groups in total. The molecule has 2 aromatic carbocycles. The molecule has 30 heavy (non-hydrogen) atoms. The van der Waals surface area contributed by atoms with Crippen molar-refractivity contribution < 1.29 is 9.18 Å². The highest BCUT2D eigenvalue weighted by atomic mass is 19.1. The van der Waals surface area contributed by atoms with Crippen LogP contribution >= 0.6 is 0 Å². The van der Waals surface area contributed by atoms with Gasteiger partial charge < -0.3 is 15.1 Å². The summed E-state index contributed by atoms with van der Waals surface area (Å²) >= 11 is 0. The Morgan fingerprint density at radius 2 is 1.53 bits per heavy atom. The van der Waals surface area contributed by atoms with Crippen molar-refractivity contribution in [2.45, 2.75) is 0 Å². The third-order valence-electron chi connectivity index (χ3n) is 4.91. The number of benzene rings is 2. The van der Waals surface area contributed by atoms with Crippen molar-refractivity contribution in [1.29, 1.82) is 0 Å². The van der Waals surface area contributed by atoms with Crippen LogP contribution in [0.3, 0.4) is 0 Å². The van der Waals surface area contributed by atoms with Crippen LogP contribution in [0.5, 0.6) is 0 Å². The highest BCUT2D eigenvalue weighted by Gasteiger charge is 2.19. The second kappa shape index (κ2) is 9.17. The maximum atomic E-state index is 13.6. The molecule has 0 radical (unpaired) electrons. The number of carbonyl (C=O) groups excluding carboxylic acids is 1. The Morgan fingerprint density at radius 1 is 0.900 bits per heavy atom. The van der Waals surface area contributed by atoms with Gasteiger partial charge in [0.1, 0.15) is 5.82 Å². The normalized spacial score (nSPS) is 14.2. The summed E-state index contributed by atoms with van der Waals surface area (Å²) in [5.74, 6) is -0.102. The van der Waals surface area contributed by atoms with Crippen molar-refractivity contribution in [2.24, 2.45) is 0 Å². The van der Waals surface area contributed by atoms with Gasteiger partial charge in [-0.3, -0.25) is 4.79 Å². The average Bonchev–Trinajstić information content (AvgIpc) is 2.80. The first kappa shape index (κ1) is 19.6. The number of nitrogens with zero attached hydrogens (tertiary/aromatic N) is 4. The molecule has 1 amide bonds. The second-order valence-corrected chi connectivity index (χ2v) is 6.93. The van der Waals surface area contributed by atoms with Gasteiger partial charge in [0.2, 0.25) is 11.9 Å². The van der Waals surface area contributed by atoms with Crippen LogP contribution < -0.4 is 15.1 Å². The van der Waals surface area contributed by atoms with E-state index in [1.807, 2.05) is 18.2 Å². The van der Waals surface area contributed by atoms with Crippen LogP contribution in [0, 0.1) is 5.82 Å². The SMILES string of the molecule is O=C(/C=C/c1ccccc1F)Nc1cnc(N2CCN(c3ccccc3)CC2)nc1. The molecule has 0 unspecified atom stereocenters. The molecule has 1 saturated heterocycles. The molecule has 0 aliphatic carbocycles. The van der Waals surface area contributed by atoms with Crippen molar-refractivity contribution in [1.82, 2.24) is 9.97 Å². The van der Waals surface area contributed by atoms with Gasteiger partial charge in [0.15, 0.2) is 0 Å². The summed E-state index contributed by atoms with van der Waals surface area (Å²) in [7, 11) is 0. The molecule has 0 bridgehead atoms. The summed E-state index contributed by atoms with van der Waals surface area (Å²) in [4.78, 5) is 25.3.